The van der Waals surface area contributed by atoms with Crippen LogP contribution in [0, 0.1) is 5.82 Å². The Bertz CT molecular complexity index is 906. The fraction of sp³-hybridized carbons (Fsp3) is 0.389. The van der Waals surface area contributed by atoms with Crippen LogP contribution in [-0.4, -0.2) is 11.0 Å². The summed E-state index contributed by atoms with van der Waals surface area (Å²) in [5.41, 5.74) is 1.59. The van der Waals surface area contributed by atoms with Crippen LogP contribution < -0.4 is 10.9 Å². The molecule has 0 amide bonds. The Kier molecular flexibility index (Phi) is 3.65. The molecule has 0 bridgehead atoms. The van der Waals surface area contributed by atoms with Crippen molar-refractivity contribution in [2.45, 2.75) is 44.7 Å². The van der Waals surface area contributed by atoms with E-state index in [1.54, 1.807) is 6.07 Å². The van der Waals surface area contributed by atoms with E-state index in [2.05, 4.69) is 10.3 Å². The topological polar surface area (TPSA) is 58.0 Å². The van der Waals surface area contributed by atoms with Gasteiger partial charge in [-0.2, -0.15) is 0 Å². The van der Waals surface area contributed by atoms with Gasteiger partial charge in [-0.3, -0.25) is 0 Å². The first-order chi connectivity index (χ1) is 11.2. The molecule has 1 aliphatic carbocycles. The third-order valence-electron chi connectivity index (χ3n) is 4.69. The van der Waals surface area contributed by atoms with Crippen LogP contribution in [-0.2, 0) is 6.54 Å². The minimum atomic E-state index is -0.390. The molecule has 1 fully saturated rings. The molecule has 0 saturated heterocycles. The zero-order valence-corrected chi connectivity index (χ0v) is 12.8. The van der Waals surface area contributed by atoms with E-state index in [-0.39, 0.29) is 11.4 Å². The number of fused-ring (bicyclic) bond motifs is 3. The second-order valence-corrected chi connectivity index (χ2v) is 6.33. The molecule has 2 aromatic heterocycles. The maximum atomic E-state index is 13.5. The number of aromatic amines is 1. The number of hydrogen-bond donors (Lipinski definition) is 2. The number of hydrogen-bond acceptors (Lipinski definition) is 3. The molecule has 0 atom stereocenters. The summed E-state index contributed by atoms with van der Waals surface area (Å²) in [6.45, 7) is 0.676. The quantitative estimate of drug-likeness (QED) is 0.722. The van der Waals surface area contributed by atoms with E-state index in [0.29, 0.717) is 34.5 Å². The van der Waals surface area contributed by atoms with Gasteiger partial charge >= 0.3 is 5.63 Å². The molecule has 4 rings (SSSR count). The van der Waals surface area contributed by atoms with Gasteiger partial charge in [-0.25, -0.2) is 9.18 Å². The highest BCUT2D eigenvalue weighted by Crippen LogP contribution is 2.24. The van der Waals surface area contributed by atoms with Gasteiger partial charge in [-0.1, -0.05) is 19.3 Å². The van der Waals surface area contributed by atoms with E-state index in [0.717, 1.165) is 5.69 Å². The fourth-order valence-electron chi connectivity index (χ4n) is 3.48. The maximum absolute atomic E-state index is 13.5. The Morgan fingerprint density at radius 3 is 2.83 bits per heavy atom. The fourth-order valence-corrected chi connectivity index (χ4v) is 3.48. The second-order valence-electron chi connectivity index (χ2n) is 6.33. The third-order valence-corrected chi connectivity index (χ3v) is 4.69. The second kappa shape index (κ2) is 5.81. The van der Waals surface area contributed by atoms with Crippen molar-refractivity contribution in [1.29, 1.82) is 0 Å². The number of H-pyrrole nitrogens is 1. The van der Waals surface area contributed by atoms with Gasteiger partial charge in [0, 0.05) is 23.7 Å². The van der Waals surface area contributed by atoms with Crippen LogP contribution in [0.1, 0.15) is 37.8 Å². The van der Waals surface area contributed by atoms with Crippen LogP contribution >= 0.6 is 0 Å². The van der Waals surface area contributed by atoms with Crippen LogP contribution in [0.2, 0.25) is 0 Å². The zero-order chi connectivity index (χ0) is 15.8. The lowest BCUT2D eigenvalue weighted by Gasteiger charge is -2.22. The monoisotopic (exact) mass is 314 g/mol. The van der Waals surface area contributed by atoms with E-state index in [1.807, 2.05) is 0 Å². The van der Waals surface area contributed by atoms with Gasteiger partial charge in [-0.05, 0) is 37.1 Å². The van der Waals surface area contributed by atoms with E-state index >= 15 is 0 Å². The van der Waals surface area contributed by atoms with E-state index in [1.165, 1.54) is 50.3 Å². The van der Waals surface area contributed by atoms with E-state index in [9.17, 15) is 9.18 Å². The number of rotatable bonds is 3. The summed E-state index contributed by atoms with van der Waals surface area (Å²) < 4.78 is 18.8. The maximum Gasteiger partial charge on any atom is 0.345 e. The molecule has 1 saturated carbocycles. The zero-order valence-electron chi connectivity index (χ0n) is 12.8. The molecule has 2 heterocycles. The molecule has 0 radical (unpaired) electrons. The van der Waals surface area contributed by atoms with Gasteiger partial charge in [0.1, 0.15) is 11.4 Å². The molecule has 5 heteroatoms. The summed E-state index contributed by atoms with van der Waals surface area (Å²) in [4.78, 5) is 15.4. The molecule has 0 unspecified atom stereocenters. The highest BCUT2D eigenvalue weighted by molar-refractivity contribution is 6.02. The molecule has 1 aromatic carbocycles. The van der Waals surface area contributed by atoms with Crippen molar-refractivity contribution < 1.29 is 8.81 Å². The van der Waals surface area contributed by atoms with E-state index < -0.39 is 0 Å². The van der Waals surface area contributed by atoms with Gasteiger partial charge in [0.15, 0.2) is 0 Å². The van der Waals surface area contributed by atoms with Crippen molar-refractivity contribution in [2.24, 2.45) is 0 Å². The van der Waals surface area contributed by atoms with Crippen molar-refractivity contribution in [2.75, 3.05) is 0 Å². The van der Waals surface area contributed by atoms with Crippen LogP contribution in [0.3, 0.4) is 0 Å². The predicted octanol–water partition coefficient (Wildman–Crippen LogP) is 3.84. The van der Waals surface area contributed by atoms with Crippen molar-refractivity contribution >= 4 is 21.9 Å². The molecular formula is C18H19FN2O2. The van der Waals surface area contributed by atoms with Crippen molar-refractivity contribution in [1.82, 2.24) is 10.3 Å². The van der Waals surface area contributed by atoms with Gasteiger partial charge in [0.25, 0.3) is 0 Å². The minimum Gasteiger partial charge on any atom is -0.422 e. The van der Waals surface area contributed by atoms with Crippen LogP contribution in [0.4, 0.5) is 4.39 Å². The third kappa shape index (κ3) is 2.77. The molecule has 0 aliphatic heterocycles. The van der Waals surface area contributed by atoms with Crippen molar-refractivity contribution in [3.8, 4) is 0 Å². The Hall–Kier alpha value is -2.14. The first-order valence-electron chi connectivity index (χ1n) is 8.18. The lowest BCUT2D eigenvalue weighted by molar-refractivity contribution is 0.371. The predicted molar refractivity (Wildman–Crippen MR) is 88.0 cm³/mol. The summed E-state index contributed by atoms with van der Waals surface area (Å²) in [5.74, 6) is -0.343. The summed E-state index contributed by atoms with van der Waals surface area (Å²) in [7, 11) is 0. The minimum absolute atomic E-state index is 0.343. The SMILES string of the molecule is O=c1oc2ccc(F)cc2c2[nH]c(CNC3CCCCC3)cc12. The standard InChI is InChI=1S/C18H19FN2O2/c19-11-6-7-16-14(8-11)17-15(18(22)23-16)9-13(21-17)10-20-12-4-2-1-3-5-12/h6-9,12,20-21H,1-5,10H2. The normalized spacial score (nSPS) is 16.4. The molecule has 4 nitrogen and oxygen atoms in total. The smallest absolute Gasteiger partial charge is 0.345 e. The van der Waals surface area contributed by atoms with Crippen LogP contribution in [0.5, 0.6) is 0 Å². The molecular weight excluding hydrogens is 295 g/mol. The largest absolute Gasteiger partial charge is 0.422 e. The van der Waals surface area contributed by atoms with E-state index in [4.69, 9.17) is 4.42 Å². The number of benzene rings is 1. The Morgan fingerprint density at radius 1 is 1.17 bits per heavy atom. The highest BCUT2D eigenvalue weighted by atomic mass is 19.1. The Morgan fingerprint density at radius 2 is 2.00 bits per heavy atom. The number of nitrogens with one attached hydrogen (secondary N) is 2. The molecule has 120 valence electrons. The Balaban J connectivity index is 1.69. The summed E-state index contributed by atoms with van der Waals surface area (Å²) >= 11 is 0. The van der Waals surface area contributed by atoms with Crippen LogP contribution in [0.25, 0.3) is 21.9 Å². The molecule has 0 spiro atoms. The average Bonchev–Trinajstić information content (AvgIpc) is 3.00. The summed E-state index contributed by atoms with van der Waals surface area (Å²) in [6, 6.07) is 6.54. The van der Waals surface area contributed by atoms with Crippen molar-refractivity contribution in [3.63, 3.8) is 0 Å². The first kappa shape index (κ1) is 14.5. The lowest BCUT2D eigenvalue weighted by Crippen LogP contribution is -2.30. The lowest BCUT2D eigenvalue weighted by atomic mass is 9.95. The number of halogens is 1. The van der Waals surface area contributed by atoms with Gasteiger partial charge < -0.3 is 14.7 Å². The number of aromatic nitrogens is 1. The average molecular weight is 314 g/mol. The van der Waals surface area contributed by atoms with Gasteiger partial charge in [0.2, 0.25) is 0 Å². The molecule has 3 aromatic rings. The van der Waals surface area contributed by atoms with Gasteiger partial charge in [0.05, 0.1) is 10.9 Å². The summed E-state index contributed by atoms with van der Waals surface area (Å²) in [5, 5.41) is 4.62. The molecule has 1 aliphatic rings. The van der Waals surface area contributed by atoms with Crippen LogP contribution in [0.15, 0.2) is 33.5 Å². The highest BCUT2D eigenvalue weighted by Gasteiger charge is 2.15. The molecule has 2 N–H and O–H groups in total. The summed E-state index contributed by atoms with van der Waals surface area (Å²) in [6.07, 6.45) is 6.28. The first-order valence-corrected chi connectivity index (χ1v) is 8.18. The van der Waals surface area contributed by atoms with Crippen molar-refractivity contribution in [3.05, 3.63) is 46.2 Å². The van der Waals surface area contributed by atoms with Gasteiger partial charge in [-0.15, -0.1) is 0 Å². The Labute approximate surface area is 132 Å². The molecule has 23 heavy (non-hydrogen) atoms.